The molecule has 94 valence electrons. The van der Waals surface area contributed by atoms with E-state index in [1.165, 1.54) is 12.8 Å². The van der Waals surface area contributed by atoms with E-state index in [9.17, 15) is 4.79 Å². The molecule has 4 heteroatoms. The molecule has 4 nitrogen and oxygen atoms in total. The standard InChI is InChI=1S/C12H24N2O2/c1-10(7-8-16-2)13-9-12(15)14-11-5-3-4-6-11/h10-11,13H,3-9H2,1-2H3,(H,14,15). The van der Waals surface area contributed by atoms with Gasteiger partial charge in [-0.05, 0) is 26.2 Å². The first-order valence-electron chi connectivity index (χ1n) is 6.24. The van der Waals surface area contributed by atoms with Gasteiger partial charge in [0.1, 0.15) is 0 Å². The Hall–Kier alpha value is -0.610. The van der Waals surface area contributed by atoms with Crippen LogP contribution in [0.1, 0.15) is 39.0 Å². The minimum absolute atomic E-state index is 0.121. The van der Waals surface area contributed by atoms with Crippen LogP contribution in [0.15, 0.2) is 0 Å². The summed E-state index contributed by atoms with van der Waals surface area (Å²) in [5.41, 5.74) is 0. The number of amides is 1. The van der Waals surface area contributed by atoms with Crippen LogP contribution in [0.2, 0.25) is 0 Å². The lowest BCUT2D eigenvalue weighted by molar-refractivity contribution is -0.121. The summed E-state index contributed by atoms with van der Waals surface area (Å²) in [6, 6.07) is 0.748. The van der Waals surface area contributed by atoms with Crippen molar-refractivity contribution >= 4 is 5.91 Å². The van der Waals surface area contributed by atoms with Gasteiger partial charge in [0.25, 0.3) is 0 Å². The highest BCUT2D eigenvalue weighted by molar-refractivity contribution is 5.78. The molecule has 1 saturated carbocycles. The SMILES string of the molecule is COCCC(C)NCC(=O)NC1CCCC1. The third-order valence-corrected chi connectivity index (χ3v) is 3.09. The average Bonchev–Trinajstić information content (AvgIpc) is 2.76. The first-order chi connectivity index (χ1) is 7.72. The van der Waals surface area contributed by atoms with Gasteiger partial charge in [-0.2, -0.15) is 0 Å². The number of hydrogen-bond acceptors (Lipinski definition) is 3. The monoisotopic (exact) mass is 228 g/mol. The van der Waals surface area contributed by atoms with E-state index < -0.39 is 0 Å². The van der Waals surface area contributed by atoms with Gasteiger partial charge < -0.3 is 15.4 Å². The molecule has 0 heterocycles. The number of hydrogen-bond donors (Lipinski definition) is 2. The summed E-state index contributed by atoms with van der Waals surface area (Å²) >= 11 is 0. The number of rotatable bonds is 7. The van der Waals surface area contributed by atoms with Crippen LogP contribution in [-0.2, 0) is 9.53 Å². The molecule has 0 aromatic carbocycles. The third-order valence-electron chi connectivity index (χ3n) is 3.09. The van der Waals surface area contributed by atoms with E-state index >= 15 is 0 Å². The van der Waals surface area contributed by atoms with Crippen LogP contribution in [0.5, 0.6) is 0 Å². The van der Waals surface area contributed by atoms with E-state index in [-0.39, 0.29) is 5.91 Å². The molecule has 0 aromatic rings. The Morgan fingerprint density at radius 1 is 1.44 bits per heavy atom. The van der Waals surface area contributed by atoms with Gasteiger partial charge in [-0.15, -0.1) is 0 Å². The molecular formula is C12H24N2O2. The quantitative estimate of drug-likeness (QED) is 0.685. The summed E-state index contributed by atoms with van der Waals surface area (Å²) in [5, 5.41) is 6.26. The molecule has 1 fully saturated rings. The summed E-state index contributed by atoms with van der Waals surface area (Å²) < 4.78 is 4.99. The fourth-order valence-electron chi connectivity index (χ4n) is 2.01. The van der Waals surface area contributed by atoms with Crippen LogP contribution in [0.25, 0.3) is 0 Å². The van der Waals surface area contributed by atoms with Crippen LogP contribution >= 0.6 is 0 Å². The average molecular weight is 228 g/mol. The largest absolute Gasteiger partial charge is 0.385 e. The van der Waals surface area contributed by atoms with E-state index in [0.29, 0.717) is 18.6 Å². The maximum Gasteiger partial charge on any atom is 0.234 e. The molecule has 0 saturated heterocycles. The minimum Gasteiger partial charge on any atom is -0.385 e. The normalized spacial score (nSPS) is 18.6. The number of methoxy groups -OCH3 is 1. The topological polar surface area (TPSA) is 50.4 Å². The van der Waals surface area contributed by atoms with Crippen molar-refractivity contribution in [2.24, 2.45) is 0 Å². The molecule has 16 heavy (non-hydrogen) atoms. The molecule has 1 unspecified atom stereocenters. The minimum atomic E-state index is 0.121. The third kappa shape index (κ3) is 5.47. The second kappa shape index (κ2) is 7.63. The highest BCUT2D eigenvalue weighted by Crippen LogP contribution is 2.17. The molecule has 0 aliphatic heterocycles. The molecular weight excluding hydrogens is 204 g/mol. The molecule has 0 aromatic heterocycles. The fraction of sp³-hybridized carbons (Fsp3) is 0.917. The van der Waals surface area contributed by atoms with Crippen LogP contribution in [0, 0.1) is 0 Å². The van der Waals surface area contributed by atoms with E-state index in [2.05, 4.69) is 17.6 Å². The molecule has 0 bridgehead atoms. The van der Waals surface area contributed by atoms with Crippen LogP contribution in [0.3, 0.4) is 0 Å². The van der Waals surface area contributed by atoms with Gasteiger partial charge in [-0.1, -0.05) is 12.8 Å². The molecule has 1 aliphatic rings. The Labute approximate surface area is 98.1 Å². The van der Waals surface area contributed by atoms with Gasteiger partial charge >= 0.3 is 0 Å². The summed E-state index contributed by atoms with van der Waals surface area (Å²) in [6.07, 6.45) is 5.73. The summed E-state index contributed by atoms with van der Waals surface area (Å²) in [4.78, 5) is 11.6. The van der Waals surface area contributed by atoms with Gasteiger partial charge in [-0.25, -0.2) is 0 Å². The van der Waals surface area contributed by atoms with Crippen molar-refractivity contribution < 1.29 is 9.53 Å². The van der Waals surface area contributed by atoms with E-state index in [0.717, 1.165) is 25.9 Å². The summed E-state index contributed by atoms with van der Waals surface area (Å²) in [5.74, 6) is 0.121. The number of nitrogens with one attached hydrogen (secondary N) is 2. The van der Waals surface area contributed by atoms with E-state index in [1.807, 2.05) is 0 Å². The molecule has 1 rings (SSSR count). The summed E-state index contributed by atoms with van der Waals surface area (Å²) in [7, 11) is 1.69. The predicted molar refractivity (Wildman–Crippen MR) is 64.4 cm³/mol. The molecule has 1 amide bonds. The van der Waals surface area contributed by atoms with Crippen LogP contribution in [-0.4, -0.2) is 38.3 Å². The maximum atomic E-state index is 11.6. The van der Waals surface area contributed by atoms with Gasteiger partial charge in [0.15, 0.2) is 0 Å². The zero-order valence-electron chi connectivity index (χ0n) is 10.4. The van der Waals surface area contributed by atoms with Crippen LogP contribution in [0.4, 0.5) is 0 Å². The number of carbonyl (C=O) groups is 1. The first kappa shape index (κ1) is 13.5. The zero-order valence-corrected chi connectivity index (χ0v) is 10.4. The second-order valence-electron chi connectivity index (χ2n) is 4.61. The molecule has 1 aliphatic carbocycles. The lowest BCUT2D eigenvalue weighted by Gasteiger charge is -2.15. The lowest BCUT2D eigenvalue weighted by atomic mass is 10.2. The summed E-state index contributed by atoms with van der Waals surface area (Å²) in [6.45, 7) is 3.22. The Bertz CT molecular complexity index is 203. The fourth-order valence-corrected chi connectivity index (χ4v) is 2.01. The van der Waals surface area contributed by atoms with Crippen molar-refractivity contribution in [3.05, 3.63) is 0 Å². The molecule has 1 atom stereocenters. The predicted octanol–water partition coefficient (Wildman–Crippen LogP) is 1.06. The Morgan fingerprint density at radius 3 is 2.75 bits per heavy atom. The molecule has 0 spiro atoms. The van der Waals surface area contributed by atoms with E-state index in [1.54, 1.807) is 7.11 Å². The van der Waals surface area contributed by atoms with Crippen molar-refractivity contribution in [2.45, 2.75) is 51.1 Å². The van der Waals surface area contributed by atoms with Crippen molar-refractivity contribution in [2.75, 3.05) is 20.3 Å². The van der Waals surface area contributed by atoms with Gasteiger partial charge in [-0.3, -0.25) is 4.79 Å². The first-order valence-corrected chi connectivity index (χ1v) is 6.24. The highest BCUT2D eigenvalue weighted by atomic mass is 16.5. The highest BCUT2D eigenvalue weighted by Gasteiger charge is 2.16. The van der Waals surface area contributed by atoms with Gasteiger partial charge in [0.05, 0.1) is 6.54 Å². The van der Waals surface area contributed by atoms with Crippen molar-refractivity contribution in [1.29, 1.82) is 0 Å². The maximum absolute atomic E-state index is 11.6. The molecule has 2 N–H and O–H groups in total. The second-order valence-corrected chi connectivity index (χ2v) is 4.61. The Balaban J connectivity index is 2.04. The van der Waals surface area contributed by atoms with Crippen LogP contribution < -0.4 is 10.6 Å². The van der Waals surface area contributed by atoms with Gasteiger partial charge in [0, 0.05) is 25.8 Å². The van der Waals surface area contributed by atoms with Crippen molar-refractivity contribution in [1.82, 2.24) is 10.6 Å². The lowest BCUT2D eigenvalue weighted by Crippen LogP contribution is -2.41. The zero-order chi connectivity index (χ0) is 11.8. The Morgan fingerprint density at radius 2 is 2.12 bits per heavy atom. The van der Waals surface area contributed by atoms with Crippen molar-refractivity contribution in [3.8, 4) is 0 Å². The smallest absolute Gasteiger partial charge is 0.234 e. The number of carbonyl (C=O) groups excluding carboxylic acids is 1. The van der Waals surface area contributed by atoms with Crippen molar-refractivity contribution in [3.63, 3.8) is 0 Å². The van der Waals surface area contributed by atoms with Gasteiger partial charge in [0.2, 0.25) is 5.91 Å². The Kier molecular flexibility index (Phi) is 6.42. The van der Waals surface area contributed by atoms with E-state index in [4.69, 9.17) is 4.74 Å². The molecule has 0 radical (unpaired) electrons. The number of ether oxygens (including phenoxy) is 1.